The topological polar surface area (TPSA) is 48.9 Å². The number of rotatable bonds is 7. The normalized spacial score (nSPS) is 11.9. The lowest BCUT2D eigenvalue weighted by Crippen LogP contribution is -2.74. The highest BCUT2D eigenvalue weighted by molar-refractivity contribution is 7.20. The second-order valence-electron chi connectivity index (χ2n) is 14.3. The van der Waals surface area contributed by atoms with Gasteiger partial charge in [0.2, 0.25) is 0 Å². The van der Waals surface area contributed by atoms with Gasteiger partial charge in [-0.2, -0.15) is 0 Å². The quantitative estimate of drug-likeness (QED) is 0.131. The van der Waals surface area contributed by atoms with E-state index in [-0.39, 0.29) is 11.2 Å². The average Bonchev–Trinajstić information content (AvgIpc) is 3.61. The van der Waals surface area contributed by atoms with Gasteiger partial charge >= 0.3 is 0 Å². The minimum absolute atomic E-state index is 0.0891. The largest absolute Gasteiger partial charge is 0.507 e. The van der Waals surface area contributed by atoms with E-state index in [2.05, 4.69) is 183 Å². The molecule has 0 spiro atoms. The van der Waals surface area contributed by atoms with Crippen LogP contribution in [0.5, 0.6) is 5.75 Å². The van der Waals surface area contributed by atoms with E-state index in [9.17, 15) is 5.11 Å². The molecule has 0 saturated heterocycles. The minimum Gasteiger partial charge on any atom is -0.507 e. The molecule has 51 heavy (non-hydrogen) atoms. The molecule has 4 heteroatoms. The van der Waals surface area contributed by atoms with Crippen molar-refractivity contribution >= 4 is 39.6 Å². The molecule has 0 fully saturated rings. The molecule has 0 aliphatic rings. The van der Waals surface area contributed by atoms with Crippen LogP contribution in [-0.2, 0) is 5.41 Å². The molecule has 0 amide bonds. The Labute approximate surface area is 301 Å². The SMILES string of the molecule is CC(C)(C)c1ccc(O)c(-c2cc(-c3cccc(-c4[nH]cc5ccccc45)n3)cc([Si](c3ccccc3)(c3ccccc3)c3ccccc3)c2)c1. The molecule has 0 aliphatic carbocycles. The molecule has 2 aromatic heterocycles. The summed E-state index contributed by atoms with van der Waals surface area (Å²) in [6.07, 6.45) is 2.04. The molecule has 2 N–H and O–H groups in total. The van der Waals surface area contributed by atoms with Crippen molar-refractivity contribution in [2.24, 2.45) is 0 Å². The first-order valence-electron chi connectivity index (χ1n) is 17.5. The lowest BCUT2D eigenvalue weighted by atomic mass is 9.85. The summed E-state index contributed by atoms with van der Waals surface area (Å²) in [4.78, 5) is 8.80. The van der Waals surface area contributed by atoms with Crippen LogP contribution in [0.4, 0.5) is 0 Å². The molecule has 0 bridgehead atoms. The van der Waals surface area contributed by atoms with Gasteiger partial charge < -0.3 is 10.1 Å². The third kappa shape index (κ3) is 5.88. The average molecular weight is 677 g/mol. The van der Waals surface area contributed by atoms with E-state index >= 15 is 0 Å². The third-order valence-electron chi connectivity index (χ3n) is 10.1. The lowest BCUT2D eigenvalue weighted by molar-refractivity contribution is 0.476. The number of nitrogens with one attached hydrogen (secondary N) is 1. The summed E-state index contributed by atoms with van der Waals surface area (Å²) in [6.45, 7) is 6.63. The van der Waals surface area contributed by atoms with Crippen molar-refractivity contribution in [3.05, 3.63) is 182 Å². The van der Waals surface area contributed by atoms with Crippen molar-refractivity contribution in [2.45, 2.75) is 26.2 Å². The summed E-state index contributed by atoms with van der Waals surface area (Å²) in [5.41, 5.74) is 6.61. The highest BCUT2D eigenvalue weighted by Crippen LogP contribution is 2.36. The third-order valence-corrected chi connectivity index (χ3v) is 14.8. The summed E-state index contributed by atoms with van der Waals surface area (Å²) in [7, 11) is -2.91. The second kappa shape index (κ2) is 13.1. The number of pyridine rings is 1. The van der Waals surface area contributed by atoms with Gasteiger partial charge in [0.25, 0.3) is 0 Å². The van der Waals surface area contributed by atoms with Crippen molar-refractivity contribution in [3.8, 4) is 39.5 Å². The van der Waals surface area contributed by atoms with Gasteiger partial charge in [0.15, 0.2) is 8.07 Å². The van der Waals surface area contributed by atoms with Gasteiger partial charge in [0, 0.05) is 22.7 Å². The number of hydrogen-bond donors (Lipinski definition) is 2. The van der Waals surface area contributed by atoms with Crippen molar-refractivity contribution in [1.29, 1.82) is 0 Å². The van der Waals surface area contributed by atoms with Crippen molar-refractivity contribution < 1.29 is 5.11 Å². The van der Waals surface area contributed by atoms with Crippen LogP contribution < -0.4 is 20.7 Å². The highest BCUT2D eigenvalue weighted by atomic mass is 28.3. The molecule has 0 aliphatic heterocycles. The van der Waals surface area contributed by atoms with Gasteiger partial charge in [0.1, 0.15) is 5.75 Å². The highest BCUT2D eigenvalue weighted by Gasteiger charge is 2.42. The maximum Gasteiger partial charge on any atom is 0.179 e. The van der Waals surface area contributed by atoms with Crippen LogP contribution >= 0.6 is 0 Å². The predicted octanol–water partition coefficient (Wildman–Crippen LogP) is 8.94. The monoisotopic (exact) mass is 676 g/mol. The van der Waals surface area contributed by atoms with E-state index < -0.39 is 8.07 Å². The van der Waals surface area contributed by atoms with E-state index in [0.717, 1.165) is 44.5 Å². The Morgan fingerprint density at radius 1 is 0.529 bits per heavy atom. The fourth-order valence-corrected chi connectivity index (χ4v) is 12.3. The molecule has 8 rings (SSSR count). The fraction of sp³-hybridized carbons (Fsp3) is 0.0851. The maximum atomic E-state index is 11.5. The zero-order valence-electron chi connectivity index (χ0n) is 29.1. The van der Waals surface area contributed by atoms with Crippen molar-refractivity contribution in [3.63, 3.8) is 0 Å². The number of aromatic hydroxyl groups is 1. The van der Waals surface area contributed by atoms with Gasteiger partial charge in [-0.25, -0.2) is 4.98 Å². The molecule has 248 valence electrons. The zero-order chi connectivity index (χ0) is 35.0. The van der Waals surface area contributed by atoms with Gasteiger partial charge in [-0.1, -0.05) is 160 Å². The van der Waals surface area contributed by atoms with Gasteiger partial charge in [-0.05, 0) is 73.0 Å². The van der Waals surface area contributed by atoms with Gasteiger partial charge in [0.05, 0.1) is 17.1 Å². The van der Waals surface area contributed by atoms with Crippen LogP contribution in [-0.4, -0.2) is 23.1 Å². The number of nitrogens with zero attached hydrogens (tertiary/aromatic N) is 1. The van der Waals surface area contributed by atoms with Crippen LogP contribution in [0, 0.1) is 0 Å². The molecule has 3 nitrogen and oxygen atoms in total. The number of phenolic OH excluding ortho intramolecular Hbond substituents is 1. The summed E-state index contributed by atoms with van der Waals surface area (Å²) < 4.78 is 0. The first-order chi connectivity index (χ1) is 24.8. The Hall–Kier alpha value is -5.97. The predicted molar refractivity (Wildman–Crippen MR) is 216 cm³/mol. The number of H-pyrrole nitrogens is 1. The maximum absolute atomic E-state index is 11.5. The first kappa shape index (κ1) is 32.2. The van der Waals surface area contributed by atoms with Crippen molar-refractivity contribution in [1.82, 2.24) is 9.97 Å². The second-order valence-corrected chi connectivity index (χ2v) is 18.1. The molecule has 6 aromatic carbocycles. The van der Waals surface area contributed by atoms with E-state index in [0.29, 0.717) is 0 Å². The van der Waals surface area contributed by atoms with Crippen LogP contribution in [0.2, 0.25) is 0 Å². The van der Waals surface area contributed by atoms with Crippen LogP contribution in [0.25, 0.3) is 44.5 Å². The fourth-order valence-electron chi connectivity index (χ4n) is 7.47. The molecule has 2 heterocycles. The van der Waals surface area contributed by atoms with Crippen molar-refractivity contribution in [2.75, 3.05) is 0 Å². The van der Waals surface area contributed by atoms with E-state index in [1.165, 1.54) is 26.3 Å². The Kier molecular flexibility index (Phi) is 8.25. The van der Waals surface area contributed by atoms with Crippen LogP contribution in [0.3, 0.4) is 0 Å². The number of fused-ring (bicyclic) bond motifs is 1. The van der Waals surface area contributed by atoms with Crippen LogP contribution in [0.15, 0.2) is 176 Å². The summed E-state index contributed by atoms with van der Waals surface area (Å²) in [5, 5.41) is 18.9. The standard InChI is InChI=1S/C47H40N2OSi/c1-47(2,3)36-26-27-45(50)42(31-36)34-28-35(43-24-15-25-44(49-43)46-41-23-14-13-16-33(41)32-48-46)30-40(29-34)51(37-17-7-4-8-18-37,38-19-9-5-10-20-38)39-21-11-6-12-22-39/h4-32,48,50H,1-3H3. The summed E-state index contributed by atoms with van der Waals surface area (Å²) >= 11 is 0. The summed E-state index contributed by atoms with van der Waals surface area (Å²) in [5.74, 6) is 0.261. The zero-order valence-corrected chi connectivity index (χ0v) is 30.1. The van der Waals surface area contributed by atoms with Gasteiger partial charge in [-0.3, -0.25) is 0 Å². The molecule has 0 radical (unpaired) electrons. The number of aromatic nitrogens is 2. The molecule has 0 unspecified atom stereocenters. The summed E-state index contributed by atoms with van der Waals surface area (Å²) in [6, 6.07) is 60.4. The molecular formula is C47H40N2OSi. The molecular weight excluding hydrogens is 637 g/mol. The number of hydrogen-bond acceptors (Lipinski definition) is 2. The number of aromatic amines is 1. The molecule has 0 atom stereocenters. The lowest BCUT2D eigenvalue weighted by Gasteiger charge is -2.35. The number of phenols is 1. The van der Waals surface area contributed by atoms with E-state index in [1.807, 2.05) is 18.3 Å². The van der Waals surface area contributed by atoms with E-state index in [1.54, 1.807) is 0 Å². The van der Waals surface area contributed by atoms with E-state index in [4.69, 9.17) is 4.98 Å². The number of benzene rings is 6. The molecule has 8 aromatic rings. The van der Waals surface area contributed by atoms with Gasteiger partial charge in [-0.15, -0.1) is 0 Å². The minimum atomic E-state index is -2.91. The Morgan fingerprint density at radius 2 is 1.10 bits per heavy atom. The smallest absolute Gasteiger partial charge is 0.179 e. The van der Waals surface area contributed by atoms with Crippen LogP contribution in [0.1, 0.15) is 26.3 Å². The molecule has 0 saturated carbocycles. The Balaban J connectivity index is 1.45. The Bertz CT molecular complexity index is 2370. The Morgan fingerprint density at radius 3 is 1.73 bits per heavy atom. The first-order valence-corrected chi connectivity index (χ1v) is 19.5.